The smallest absolute Gasteiger partial charge is 0.257 e. The molecule has 1 aromatic rings. The average Bonchev–Trinajstić information content (AvgIpc) is 3.04. The van der Waals surface area contributed by atoms with E-state index in [0.717, 1.165) is 25.2 Å². The zero-order valence-corrected chi connectivity index (χ0v) is 19.4. The lowest BCUT2D eigenvalue weighted by Crippen LogP contribution is -2.46. The van der Waals surface area contributed by atoms with Crippen LogP contribution in [0, 0.1) is 11.8 Å². The largest absolute Gasteiger partial charge is 0.369 e. The van der Waals surface area contributed by atoms with Crippen LogP contribution in [0.5, 0.6) is 0 Å². The first-order chi connectivity index (χ1) is 15.1. The summed E-state index contributed by atoms with van der Waals surface area (Å²) in [6.45, 7) is 2.80. The zero-order valence-electron chi connectivity index (χ0n) is 19.4. The summed E-state index contributed by atoms with van der Waals surface area (Å²) in [7, 11) is 0. The van der Waals surface area contributed by atoms with Crippen LogP contribution in [0.25, 0.3) is 0 Å². The molecule has 3 aliphatic rings. The number of aliphatic imine (C=N–C) groups is 1. The van der Waals surface area contributed by atoms with Crippen LogP contribution in [0.3, 0.4) is 0 Å². The van der Waals surface area contributed by atoms with Crippen LogP contribution in [0.1, 0.15) is 102 Å². The highest BCUT2D eigenvalue weighted by Crippen LogP contribution is 2.41. The van der Waals surface area contributed by atoms with Gasteiger partial charge in [-0.25, -0.2) is 4.99 Å². The molecule has 1 amide bonds. The highest BCUT2D eigenvalue weighted by Gasteiger charge is 2.49. The zero-order chi connectivity index (χ0) is 21.7. The molecule has 0 bridgehead atoms. The minimum Gasteiger partial charge on any atom is -0.369 e. The summed E-state index contributed by atoms with van der Waals surface area (Å²) < 4.78 is 0. The number of carbonyl (C=O) groups excluding carboxylic acids is 1. The number of nitrogens with zero attached hydrogens (tertiary/aromatic N) is 2. The van der Waals surface area contributed by atoms with Crippen LogP contribution in [0.15, 0.2) is 35.3 Å². The summed E-state index contributed by atoms with van der Waals surface area (Å²) in [6, 6.07) is 10.4. The molecule has 0 saturated heterocycles. The van der Waals surface area contributed by atoms with E-state index in [1.807, 2.05) is 6.07 Å². The molecule has 2 fully saturated rings. The number of hydrogen-bond acceptors (Lipinski definition) is 3. The molecule has 170 valence electrons. The van der Waals surface area contributed by atoms with Gasteiger partial charge in [0.2, 0.25) is 0 Å². The Balaban J connectivity index is 1.49. The summed E-state index contributed by atoms with van der Waals surface area (Å²) in [6.07, 6.45) is 16.0. The van der Waals surface area contributed by atoms with Crippen LogP contribution >= 0.6 is 0 Å². The molecule has 1 aromatic carbocycles. The molecule has 2 atom stereocenters. The van der Waals surface area contributed by atoms with E-state index in [1.165, 1.54) is 69.8 Å². The van der Waals surface area contributed by atoms with Gasteiger partial charge in [0, 0.05) is 6.54 Å². The van der Waals surface area contributed by atoms with Crippen molar-refractivity contribution >= 4 is 11.9 Å². The molecule has 4 nitrogen and oxygen atoms in total. The maximum Gasteiger partial charge on any atom is 0.257 e. The topological polar surface area (TPSA) is 58.7 Å². The Morgan fingerprint density at radius 1 is 1.00 bits per heavy atom. The van der Waals surface area contributed by atoms with Gasteiger partial charge in [0.05, 0.1) is 0 Å². The second kappa shape index (κ2) is 10.2. The molecule has 4 heteroatoms. The fraction of sp³-hybridized carbons (Fsp3) is 0.704. The maximum atomic E-state index is 13.9. The molecule has 0 aromatic heterocycles. The Morgan fingerprint density at radius 2 is 1.61 bits per heavy atom. The highest BCUT2D eigenvalue weighted by molar-refractivity contribution is 6.06. The molecule has 2 saturated carbocycles. The normalized spacial score (nSPS) is 26.8. The highest BCUT2D eigenvalue weighted by atomic mass is 16.2. The van der Waals surface area contributed by atoms with Crippen molar-refractivity contribution in [3.05, 3.63) is 35.9 Å². The van der Waals surface area contributed by atoms with Crippen molar-refractivity contribution in [2.75, 3.05) is 6.54 Å². The van der Waals surface area contributed by atoms with E-state index in [1.54, 1.807) is 4.90 Å². The molecular formula is C27H41N3O. The molecule has 4 rings (SSSR count). The van der Waals surface area contributed by atoms with Gasteiger partial charge in [0.15, 0.2) is 5.96 Å². The van der Waals surface area contributed by atoms with Gasteiger partial charge >= 0.3 is 0 Å². The van der Waals surface area contributed by atoms with Crippen molar-refractivity contribution in [3.63, 3.8) is 0 Å². The van der Waals surface area contributed by atoms with Crippen molar-refractivity contribution < 1.29 is 4.79 Å². The second-order valence-electron chi connectivity index (χ2n) is 10.5. The standard InChI is InChI=1S/C27H41N3O/c1-21(24-15-9-4-10-16-24)20-30-25(31)27(29-26(30)28,19-23-13-7-3-8-14-23)18-17-22-11-5-2-6-12-22/h4,9-10,15-16,21-23H,2-3,5-8,11-14,17-20H2,1H3,(H2,28,29). The first-order valence-corrected chi connectivity index (χ1v) is 12.8. The summed E-state index contributed by atoms with van der Waals surface area (Å²) in [5.74, 6) is 2.25. The van der Waals surface area contributed by atoms with Crippen LogP contribution in [0.4, 0.5) is 0 Å². The van der Waals surface area contributed by atoms with E-state index >= 15 is 0 Å². The number of rotatable bonds is 8. The minimum atomic E-state index is -0.611. The van der Waals surface area contributed by atoms with E-state index in [2.05, 4.69) is 31.2 Å². The quantitative estimate of drug-likeness (QED) is 0.556. The number of nitrogens with two attached hydrogens (primary N) is 1. The van der Waals surface area contributed by atoms with E-state index in [4.69, 9.17) is 10.7 Å². The lowest BCUT2D eigenvalue weighted by Gasteiger charge is -2.33. The van der Waals surface area contributed by atoms with Crippen molar-refractivity contribution in [3.8, 4) is 0 Å². The first kappa shape index (κ1) is 22.4. The molecular weight excluding hydrogens is 382 g/mol. The van der Waals surface area contributed by atoms with E-state index in [9.17, 15) is 4.79 Å². The van der Waals surface area contributed by atoms with Gasteiger partial charge in [-0.1, -0.05) is 101 Å². The van der Waals surface area contributed by atoms with Crippen molar-refractivity contribution in [2.45, 2.75) is 102 Å². The number of carbonyl (C=O) groups is 1. The molecule has 31 heavy (non-hydrogen) atoms. The molecule has 2 N–H and O–H groups in total. The summed E-state index contributed by atoms with van der Waals surface area (Å²) in [4.78, 5) is 20.7. The Bertz CT molecular complexity index is 749. The third-order valence-electron chi connectivity index (χ3n) is 8.12. The molecule has 2 aliphatic carbocycles. The SMILES string of the molecule is CC(CN1C(=O)C(CCC2CCCCC2)(CC2CCCCC2)N=C1N)c1ccccc1. The first-order valence-electron chi connectivity index (χ1n) is 12.8. The van der Waals surface area contributed by atoms with Crippen LogP contribution in [-0.2, 0) is 4.79 Å². The minimum absolute atomic E-state index is 0.175. The van der Waals surface area contributed by atoms with Crippen molar-refractivity contribution in [2.24, 2.45) is 22.6 Å². The van der Waals surface area contributed by atoms with E-state index in [0.29, 0.717) is 18.4 Å². The number of amides is 1. The predicted molar refractivity (Wildman–Crippen MR) is 128 cm³/mol. The lowest BCUT2D eigenvalue weighted by atomic mass is 9.75. The van der Waals surface area contributed by atoms with Gasteiger partial charge in [-0.05, 0) is 42.6 Å². The van der Waals surface area contributed by atoms with Gasteiger partial charge in [0.1, 0.15) is 5.54 Å². The second-order valence-corrected chi connectivity index (χ2v) is 10.5. The summed E-state index contributed by atoms with van der Waals surface area (Å²) in [5.41, 5.74) is 7.07. The molecule has 1 aliphatic heterocycles. The number of hydrogen-bond donors (Lipinski definition) is 1. The third-order valence-corrected chi connectivity index (χ3v) is 8.12. The van der Waals surface area contributed by atoms with Gasteiger partial charge < -0.3 is 5.73 Å². The van der Waals surface area contributed by atoms with Gasteiger partial charge in [0.25, 0.3) is 5.91 Å². The fourth-order valence-corrected chi connectivity index (χ4v) is 6.21. The number of benzene rings is 1. The van der Waals surface area contributed by atoms with Gasteiger partial charge in [-0.15, -0.1) is 0 Å². The molecule has 2 unspecified atom stereocenters. The Kier molecular flexibility index (Phi) is 7.35. The van der Waals surface area contributed by atoms with Crippen molar-refractivity contribution in [1.82, 2.24) is 4.90 Å². The Labute approximate surface area is 188 Å². The average molecular weight is 424 g/mol. The summed E-state index contributed by atoms with van der Waals surface area (Å²) >= 11 is 0. The van der Waals surface area contributed by atoms with Crippen molar-refractivity contribution in [1.29, 1.82) is 0 Å². The van der Waals surface area contributed by atoms with Gasteiger partial charge in [-0.3, -0.25) is 9.69 Å². The molecule has 1 heterocycles. The fourth-order valence-electron chi connectivity index (χ4n) is 6.21. The third kappa shape index (κ3) is 5.32. The predicted octanol–water partition coefficient (Wildman–Crippen LogP) is 6.02. The van der Waals surface area contributed by atoms with Crippen LogP contribution in [-0.4, -0.2) is 28.9 Å². The van der Waals surface area contributed by atoms with E-state index < -0.39 is 5.54 Å². The maximum absolute atomic E-state index is 13.9. The van der Waals surface area contributed by atoms with E-state index in [-0.39, 0.29) is 11.8 Å². The monoisotopic (exact) mass is 423 g/mol. The van der Waals surface area contributed by atoms with Crippen LogP contribution in [0.2, 0.25) is 0 Å². The number of guanidine groups is 1. The Morgan fingerprint density at radius 3 is 2.26 bits per heavy atom. The van der Waals surface area contributed by atoms with Crippen LogP contribution < -0.4 is 5.73 Å². The Hall–Kier alpha value is -1.84. The lowest BCUT2D eigenvalue weighted by molar-refractivity contribution is -0.132. The van der Waals surface area contributed by atoms with Gasteiger partial charge in [-0.2, -0.15) is 0 Å². The molecule has 0 radical (unpaired) electrons. The molecule has 0 spiro atoms. The summed E-state index contributed by atoms with van der Waals surface area (Å²) in [5, 5.41) is 0.